The first-order valence-corrected chi connectivity index (χ1v) is 7.39. The average Bonchev–Trinajstić information content (AvgIpc) is 3.01. The number of pyridine rings is 1. The van der Waals surface area contributed by atoms with Crippen molar-refractivity contribution >= 4 is 5.91 Å². The smallest absolute Gasteiger partial charge is 0.272 e. The minimum atomic E-state index is -2.60. The topological polar surface area (TPSA) is 78.3 Å². The number of hydrogen-bond acceptors (Lipinski definition) is 5. The normalized spacial score (nSPS) is 13.6. The molecule has 0 radical (unpaired) electrons. The number of nitrogens with zero attached hydrogens (tertiary/aromatic N) is 3. The molecule has 0 fully saturated rings. The molecule has 9 heteroatoms. The number of fused-ring (bicyclic) bond motifs is 1. The minimum absolute atomic E-state index is 0.0122. The summed E-state index contributed by atoms with van der Waals surface area (Å²) in [5, 5.41) is 2.77. The Hall–Kier alpha value is -2.55. The number of rotatable bonds is 6. The third-order valence-electron chi connectivity index (χ3n) is 3.50. The van der Waals surface area contributed by atoms with Gasteiger partial charge in [0, 0.05) is 24.4 Å². The molecule has 1 amide bonds. The maximum atomic E-state index is 12.2. The molecule has 0 aliphatic carbocycles. The van der Waals surface area contributed by atoms with Crippen LogP contribution in [0.25, 0.3) is 0 Å². The lowest BCUT2D eigenvalue weighted by molar-refractivity contribution is 0.0794. The molecule has 1 aliphatic heterocycles. The fourth-order valence-corrected chi connectivity index (χ4v) is 2.35. The van der Waals surface area contributed by atoms with Gasteiger partial charge in [-0.2, -0.15) is 0 Å². The van der Waals surface area contributed by atoms with E-state index in [1.807, 2.05) is 4.57 Å². The summed E-state index contributed by atoms with van der Waals surface area (Å²) in [6.07, 6.45) is 0.447. The SMILES string of the molecule is O=C(NCc1cnc2n1CCOC2)c1ccnc(OCC(F)F)c1. The van der Waals surface area contributed by atoms with Crippen LogP contribution in [-0.4, -0.2) is 40.1 Å². The Morgan fingerprint density at radius 3 is 3.17 bits per heavy atom. The largest absolute Gasteiger partial charge is 0.472 e. The van der Waals surface area contributed by atoms with Gasteiger partial charge in [0.2, 0.25) is 5.88 Å². The van der Waals surface area contributed by atoms with E-state index in [0.717, 1.165) is 11.5 Å². The lowest BCUT2D eigenvalue weighted by atomic mass is 10.2. The first kappa shape index (κ1) is 16.3. The van der Waals surface area contributed by atoms with E-state index in [0.29, 0.717) is 26.3 Å². The summed E-state index contributed by atoms with van der Waals surface area (Å²) in [6, 6.07) is 2.82. The van der Waals surface area contributed by atoms with Crippen molar-refractivity contribution in [2.75, 3.05) is 13.2 Å². The van der Waals surface area contributed by atoms with E-state index in [1.54, 1.807) is 6.20 Å². The first-order valence-electron chi connectivity index (χ1n) is 7.39. The van der Waals surface area contributed by atoms with Gasteiger partial charge in [0.15, 0.2) is 6.61 Å². The molecule has 7 nitrogen and oxygen atoms in total. The molecule has 0 unspecified atom stereocenters. The number of carbonyl (C=O) groups excluding carboxylic acids is 1. The maximum absolute atomic E-state index is 12.2. The van der Waals surface area contributed by atoms with Gasteiger partial charge in [0.1, 0.15) is 12.4 Å². The van der Waals surface area contributed by atoms with Crippen LogP contribution in [0, 0.1) is 0 Å². The van der Waals surface area contributed by atoms with Gasteiger partial charge in [0.25, 0.3) is 12.3 Å². The molecule has 128 valence electrons. The Kier molecular flexibility index (Phi) is 4.99. The van der Waals surface area contributed by atoms with E-state index in [-0.39, 0.29) is 17.4 Å². The van der Waals surface area contributed by atoms with Gasteiger partial charge in [-0.15, -0.1) is 0 Å². The number of aromatic nitrogens is 3. The molecule has 3 heterocycles. The number of ether oxygens (including phenoxy) is 2. The lowest BCUT2D eigenvalue weighted by Gasteiger charge is -2.17. The number of hydrogen-bond donors (Lipinski definition) is 1. The summed E-state index contributed by atoms with van der Waals surface area (Å²) >= 11 is 0. The number of alkyl halides is 2. The van der Waals surface area contributed by atoms with Crippen molar-refractivity contribution in [3.05, 3.63) is 41.6 Å². The van der Waals surface area contributed by atoms with Crippen LogP contribution >= 0.6 is 0 Å². The number of amides is 1. The summed E-state index contributed by atoms with van der Waals surface area (Å²) in [5.41, 5.74) is 1.17. The van der Waals surface area contributed by atoms with Crippen LogP contribution in [0.2, 0.25) is 0 Å². The number of imidazole rings is 1. The summed E-state index contributed by atoms with van der Waals surface area (Å²) < 4.78 is 36.4. The van der Waals surface area contributed by atoms with Crippen molar-refractivity contribution in [2.45, 2.75) is 26.1 Å². The standard InChI is InChI=1S/C15H16F2N4O3/c16-12(17)8-24-14-5-10(1-2-18-14)15(22)20-7-11-6-19-13-9-23-4-3-21(11)13/h1-2,5-6,12H,3-4,7-9H2,(H,20,22). The van der Waals surface area contributed by atoms with Crippen LogP contribution in [0.3, 0.4) is 0 Å². The van der Waals surface area contributed by atoms with Gasteiger partial charge < -0.3 is 19.4 Å². The van der Waals surface area contributed by atoms with Crippen molar-refractivity contribution in [2.24, 2.45) is 0 Å². The summed E-state index contributed by atoms with van der Waals surface area (Å²) in [4.78, 5) is 20.2. The summed E-state index contributed by atoms with van der Waals surface area (Å²) in [7, 11) is 0. The number of halogens is 2. The molecule has 3 rings (SSSR count). The lowest BCUT2D eigenvalue weighted by Crippen LogP contribution is -2.26. The Morgan fingerprint density at radius 1 is 1.46 bits per heavy atom. The van der Waals surface area contributed by atoms with Crippen LogP contribution in [0.5, 0.6) is 5.88 Å². The highest BCUT2D eigenvalue weighted by Gasteiger charge is 2.15. The maximum Gasteiger partial charge on any atom is 0.272 e. The molecular formula is C15H16F2N4O3. The molecule has 0 saturated carbocycles. The van der Waals surface area contributed by atoms with E-state index in [2.05, 4.69) is 15.3 Å². The molecule has 2 aromatic rings. The Labute approximate surface area is 136 Å². The Morgan fingerprint density at radius 2 is 2.33 bits per heavy atom. The molecule has 0 atom stereocenters. The highest BCUT2D eigenvalue weighted by molar-refractivity contribution is 5.94. The van der Waals surface area contributed by atoms with Gasteiger partial charge in [0.05, 0.1) is 25.0 Å². The predicted molar refractivity (Wildman–Crippen MR) is 78.8 cm³/mol. The first-order chi connectivity index (χ1) is 11.6. The van der Waals surface area contributed by atoms with Crippen molar-refractivity contribution in [1.29, 1.82) is 0 Å². The van der Waals surface area contributed by atoms with E-state index in [4.69, 9.17) is 9.47 Å². The predicted octanol–water partition coefficient (Wildman–Crippen LogP) is 1.38. The molecule has 0 bridgehead atoms. The number of carbonyl (C=O) groups is 1. The van der Waals surface area contributed by atoms with Crippen molar-refractivity contribution in [3.8, 4) is 5.88 Å². The Bertz CT molecular complexity index is 720. The van der Waals surface area contributed by atoms with Gasteiger partial charge in [-0.25, -0.2) is 18.7 Å². The fraction of sp³-hybridized carbons (Fsp3) is 0.400. The van der Waals surface area contributed by atoms with Crippen LogP contribution in [0.1, 0.15) is 21.9 Å². The second-order valence-electron chi connectivity index (χ2n) is 5.14. The third-order valence-corrected chi connectivity index (χ3v) is 3.50. The molecule has 0 spiro atoms. The molecular weight excluding hydrogens is 322 g/mol. The van der Waals surface area contributed by atoms with E-state index >= 15 is 0 Å². The van der Waals surface area contributed by atoms with Gasteiger partial charge >= 0.3 is 0 Å². The zero-order chi connectivity index (χ0) is 16.9. The van der Waals surface area contributed by atoms with E-state index < -0.39 is 13.0 Å². The third kappa shape index (κ3) is 3.85. The zero-order valence-electron chi connectivity index (χ0n) is 12.7. The van der Waals surface area contributed by atoms with E-state index in [9.17, 15) is 13.6 Å². The summed E-state index contributed by atoms with van der Waals surface area (Å²) in [6.45, 7) is 1.31. The van der Waals surface area contributed by atoms with Gasteiger partial charge in [-0.05, 0) is 6.07 Å². The van der Waals surface area contributed by atoms with Crippen molar-refractivity contribution in [3.63, 3.8) is 0 Å². The van der Waals surface area contributed by atoms with Crippen molar-refractivity contribution in [1.82, 2.24) is 19.9 Å². The van der Waals surface area contributed by atoms with Crippen LogP contribution in [0.15, 0.2) is 24.5 Å². The fourth-order valence-electron chi connectivity index (χ4n) is 2.35. The molecule has 0 saturated heterocycles. The second kappa shape index (κ2) is 7.35. The summed E-state index contributed by atoms with van der Waals surface area (Å²) in [5.74, 6) is 0.473. The molecule has 24 heavy (non-hydrogen) atoms. The quantitative estimate of drug-likeness (QED) is 0.861. The molecule has 2 aromatic heterocycles. The second-order valence-corrected chi connectivity index (χ2v) is 5.14. The Balaban J connectivity index is 1.61. The molecule has 0 aromatic carbocycles. The zero-order valence-corrected chi connectivity index (χ0v) is 12.7. The van der Waals surface area contributed by atoms with Gasteiger partial charge in [-0.1, -0.05) is 0 Å². The highest BCUT2D eigenvalue weighted by Crippen LogP contribution is 2.13. The highest BCUT2D eigenvalue weighted by atomic mass is 19.3. The van der Waals surface area contributed by atoms with Crippen LogP contribution in [0.4, 0.5) is 8.78 Å². The van der Waals surface area contributed by atoms with Gasteiger partial charge in [-0.3, -0.25) is 4.79 Å². The van der Waals surface area contributed by atoms with Crippen molar-refractivity contribution < 1.29 is 23.0 Å². The van der Waals surface area contributed by atoms with Crippen LogP contribution in [-0.2, 0) is 24.4 Å². The van der Waals surface area contributed by atoms with E-state index in [1.165, 1.54) is 18.3 Å². The molecule has 1 aliphatic rings. The minimum Gasteiger partial charge on any atom is -0.472 e. The van der Waals surface area contributed by atoms with Crippen LogP contribution < -0.4 is 10.1 Å². The monoisotopic (exact) mass is 338 g/mol. The average molecular weight is 338 g/mol. The number of nitrogens with one attached hydrogen (secondary N) is 1. The molecule has 1 N–H and O–H groups in total.